The Bertz CT molecular complexity index is 1170. The quantitative estimate of drug-likeness (QED) is 0.444. The lowest BCUT2D eigenvalue weighted by molar-refractivity contribution is 0.0416. The van der Waals surface area contributed by atoms with Gasteiger partial charge >= 0.3 is 0 Å². The van der Waals surface area contributed by atoms with Crippen molar-refractivity contribution in [1.82, 2.24) is 14.7 Å². The molecule has 0 spiro atoms. The average molecular weight is 538 g/mol. The van der Waals surface area contributed by atoms with E-state index in [4.69, 9.17) is 4.74 Å². The van der Waals surface area contributed by atoms with E-state index in [1.807, 2.05) is 48.5 Å². The smallest absolute Gasteiger partial charge is 0.261 e. The summed E-state index contributed by atoms with van der Waals surface area (Å²) in [5, 5.41) is 12.1. The van der Waals surface area contributed by atoms with Crippen LogP contribution in [0.15, 0.2) is 65.1 Å². The van der Waals surface area contributed by atoms with Gasteiger partial charge < -0.3 is 9.84 Å². The Morgan fingerprint density at radius 3 is 2.06 bits per heavy atom. The van der Waals surface area contributed by atoms with Gasteiger partial charge in [-0.25, -0.2) is 0 Å². The highest BCUT2D eigenvalue weighted by Crippen LogP contribution is 2.29. The lowest BCUT2D eigenvalue weighted by Crippen LogP contribution is -2.51. The summed E-state index contributed by atoms with van der Waals surface area (Å²) in [6.07, 6.45) is -0.573. The largest absolute Gasteiger partial charge is 0.491 e. The Morgan fingerprint density at radius 1 is 0.829 bits per heavy atom. The van der Waals surface area contributed by atoms with Gasteiger partial charge in [0.1, 0.15) is 18.5 Å². The lowest BCUT2D eigenvalue weighted by Gasteiger charge is -2.36. The fraction of sp³-hybridized carbons (Fsp3) is 0.333. The Kier molecular flexibility index (Phi) is 7.15. The van der Waals surface area contributed by atoms with Crippen LogP contribution in [0.3, 0.4) is 0 Å². The lowest BCUT2D eigenvalue weighted by atomic mass is 9.94. The van der Waals surface area contributed by atoms with Gasteiger partial charge in [-0.2, -0.15) is 0 Å². The van der Waals surface area contributed by atoms with Gasteiger partial charge in [0.15, 0.2) is 0 Å². The molecule has 8 heteroatoms. The molecule has 1 fully saturated rings. The predicted molar refractivity (Wildman–Crippen MR) is 138 cm³/mol. The fourth-order valence-corrected chi connectivity index (χ4v) is 5.06. The second-order valence-corrected chi connectivity index (χ2v) is 9.95. The number of amides is 2. The minimum Gasteiger partial charge on any atom is -0.491 e. The van der Waals surface area contributed by atoms with E-state index in [9.17, 15) is 14.7 Å². The van der Waals surface area contributed by atoms with Gasteiger partial charge in [0.25, 0.3) is 11.8 Å². The van der Waals surface area contributed by atoms with Crippen molar-refractivity contribution in [3.8, 4) is 5.75 Å². The van der Waals surface area contributed by atoms with E-state index in [1.165, 1.54) is 4.90 Å². The molecule has 0 radical (unpaired) electrons. The summed E-state index contributed by atoms with van der Waals surface area (Å²) in [6, 6.07) is 18.8. The third-order valence-electron chi connectivity index (χ3n) is 6.69. The van der Waals surface area contributed by atoms with E-state index in [-0.39, 0.29) is 18.4 Å². The maximum absolute atomic E-state index is 13.1. The van der Waals surface area contributed by atoms with Crippen LogP contribution in [0.4, 0.5) is 0 Å². The van der Waals surface area contributed by atoms with Crippen LogP contribution in [0.2, 0.25) is 0 Å². The molecule has 35 heavy (non-hydrogen) atoms. The maximum Gasteiger partial charge on any atom is 0.261 e. The van der Waals surface area contributed by atoms with Crippen LogP contribution in [-0.4, -0.2) is 90.1 Å². The molecule has 3 aromatic carbocycles. The first-order chi connectivity index (χ1) is 17.0. The molecule has 2 aliphatic heterocycles. The Hall–Kier alpha value is -2.78. The van der Waals surface area contributed by atoms with Crippen molar-refractivity contribution in [3.05, 3.63) is 76.3 Å². The second-order valence-electron chi connectivity index (χ2n) is 9.03. The zero-order chi connectivity index (χ0) is 24.4. The molecular formula is C27H28BrN3O4. The standard InChI is InChI=1S/C27H28BrN3O4/c28-20-7-9-22(10-8-20)35-18-21(32)17-30-13-11-29(12-14-30)15-16-31-26(33)23-5-1-3-19-4-2-6-24(25(19)23)27(31)34/h1-10,21,32H,11-18H2/t21-/m1/s1. The molecule has 182 valence electrons. The van der Waals surface area contributed by atoms with Gasteiger partial charge in [-0.3, -0.25) is 24.3 Å². The molecule has 0 aromatic heterocycles. The van der Waals surface area contributed by atoms with Gasteiger partial charge in [0.05, 0.1) is 0 Å². The van der Waals surface area contributed by atoms with E-state index in [1.54, 1.807) is 12.1 Å². The van der Waals surface area contributed by atoms with E-state index >= 15 is 0 Å². The van der Waals surface area contributed by atoms with E-state index in [0.29, 0.717) is 30.8 Å². The van der Waals surface area contributed by atoms with Crippen molar-refractivity contribution >= 4 is 38.5 Å². The summed E-state index contributed by atoms with van der Waals surface area (Å²) in [7, 11) is 0. The molecule has 3 aromatic rings. The number of β-amino-alcohol motifs (C(OH)–C–C–N with tert-alkyl or cyclic N) is 1. The van der Waals surface area contributed by atoms with Crippen molar-refractivity contribution in [1.29, 1.82) is 0 Å². The van der Waals surface area contributed by atoms with Crippen molar-refractivity contribution in [2.45, 2.75) is 6.10 Å². The number of rotatable bonds is 8. The first-order valence-electron chi connectivity index (χ1n) is 11.9. The van der Waals surface area contributed by atoms with Gasteiger partial charge in [0.2, 0.25) is 0 Å². The van der Waals surface area contributed by atoms with Crippen LogP contribution < -0.4 is 4.74 Å². The molecule has 2 amide bonds. The Morgan fingerprint density at radius 2 is 1.43 bits per heavy atom. The minimum absolute atomic E-state index is 0.216. The molecule has 1 saturated heterocycles. The minimum atomic E-state index is -0.573. The SMILES string of the molecule is O=C1c2cccc3cccc(c23)C(=O)N1CCN1CCN(C[C@@H](O)COc2ccc(Br)cc2)CC1. The molecule has 2 aliphatic rings. The number of imide groups is 1. The molecular weight excluding hydrogens is 510 g/mol. The molecule has 2 heterocycles. The molecule has 1 atom stereocenters. The normalized spacial score (nSPS) is 17.7. The number of hydrogen-bond acceptors (Lipinski definition) is 6. The van der Waals surface area contributed by atoms with Crippen LogP contribution in [0.25, 0.3) is 10.8 Å². The van der Waals surface area contributed by atoms with Crippen LogP contribution >= 0.6 is 15.9 Å². The van der Waals surface area contributed by atoms with Gasteiger partial charge in [-0.1, -0.05) is 40.2 Å². The molecule has 0 unspecified atom stereocenters. The number of nitrogens with zero attached hydrogens (tertiary/aromatic N) is 3. The third-order valence-corrected chi connectivity index (χ3v) is 7.21. The van der Waals surface area contributed by atoms with Crippen molar-refractivity contribution in [3.63, 3.8) is 0 Å². The zero-order valence-corrected chi connectivity index (χ0v) is 21.0. The van der Waals surface area contributed by atoms with Crippen LogP contribution in [0, 0.1) is 0 Å². The summed E-state index contributed by atoms with van der Waals surface area (Å²) < 4.78 is 6.67. The number of piperazine rings is 1. The summed E-state index contributed by atoms with van der Waals surface area (Å²) >= 11 is 3.40. The summed E-state index contributed by atoms with van der Waals surface area (Å²) in [4.78, 5) is 32.0. The van der Waals surface area contributed by atoms with Crippen LogP contribution in [-0.2, 0) is 0 Å². The Balaban J connectivity index is 1.09. The Labute approximate surface area is 213 Å². The number of carbonyl (C=O) groups excluding carboxylic acids is 2. The molecule has 1 N–H and O–H groups in total. The molecule has 0 aliphatic carbocycles. The highest BCUT2D eigenvalue weighted by molar-refractivity contribution is 9.10. The summed E-state index contributed by atoms with van der Waals surface area (Å²) in [5.74, 6) is 0.302. The van der Waals surface area contributed by atoms with E-state index in [0.717, 1.165) is 47.2 Å². The number of benzene rings is 3. The summed E-state index contributed by atoms with van der Waals surface area (Å²) in [5.41, 5.74) is 1.20. The number of aliphatic hydroxyl groups excluding tert-OH is 1. The van der Waals surface area contributed by atoms with Crippen molar-refractivity contribution in [2.75, 3.05) is 52.4 Å². The molecule has 7 nitrogen and oxygen atoms in total. The second kappa shape index (κ2) is 10.5. The van der Waals surface area contributed by atoms with Gasteiger partial charge in [-0.05, 0) is 41.8 Å². The maximum atomic E-state index is 13.1. The number of hydrogen-bond donors (Lipinski definition) is 1. The highest BCUT2D eigenvalue weighted by Gasteiger charge is 2.33. The average Bonchev–Trinajstić information content (AvgIpc) is 2.88. The predicted octanol–water partition coefficient (Wildman–Crippen LogP) is 3.26. The van der Waals surface area contributed by atoms with E-state index in [2.05, 4.69) is 25.7 Å². The van der Waals surface area contributed by atoms with Crippen molar-refractivity contribution < 1.29 is 19.4 Å². The number of aliphatic hydroxyl groups is 1. The molecule has 0 bridgehead atoms. The fourth-order valence-electron chi connectivity index (χ4n) is 4.79. The topological polar surface area (TPSA) is 73.3 Å². The third kappa shape index (κ3) is 5.26. The van der Waals surface area contributed by atoms with Crippen LogP contribution in [0.1, 0.15) is 20.7 Å². The van der Waals surface area contributed by atoms with Crippen LogP contribution in [0.5, 0.6) is 5.75 Å². The van der Waals surface area contributed by atoms with Gasteiger partial charge in [-0.15, -0.1) is 0 Å². The first-order valence-corrected chi connectivity index (χ1v) is 12.7. The zero-order valence-electron chi connectivity index (χ0n) is 19.4. The van der Waals surface area contributed by atoms with Crippen molar-refractivity contribution in [2.24, 2.45) is 0 Å². The summed E-state index contributed by atoms with van der Waals surface area (Å²) in [6.45, 7) is 5.08. The van der Waals surface area contributed by atoms with E-state index < -0.39 is 6.10 Å². The molecule has 5 rings (SSSR count). The number of ether oxygens (including phenoxy) is 1. The highest BCUT2D eigenvalue weighted by atomic mass is 79.9. The first kappa shape index (κ1) is 23.9. The monoisotopic (exact) mass is 537 g/mol. The van der Waals surface area contributed by atoms with Gasteiger partial charge in [0, 0.05) is 66.8 Å². The molecule has 0 saturated carbocycles. The number of carbonyl (C=O) groups is 2. The number of halogens is 1.